The molecule has 11 nitrogen and oxygen atoms in total. The number of hydrogen-bond donors (Lipinski definition) is 7. The van der Waals surface area contributed by atoms with Crippen molar-refractivity contribution in [1.29, 1.82) is 0 Å². The molecule has 0 aromatic carbocycles. The molecular weight excluding hydrogens is 296 g/mol. The number of rotatable bonds is 5. The molecule has 1 heterocycles. The first-order valence-corrected chi connectivity index (χ1v) is 5.36. The fourth-order valence-corrected chi connectivity index (χ4v) is 1.08. The molecule has 0 spiro atoms. The van der Waals surface area contributed by atoms with Crippen molar-refractivity contribution < 1.29 is 54.9 Å². The van der Waals surface area contributed by atoms with Gasteiger partial charge >= 0.3 is 17.9 Å². The van der Waals surface area contributed by atoms with Gasteiger partial charge in [-0.3, -0.25) is 4.79 Å². The number of carboxylic acids is 2. The summed E-state index contributed by atoms with van der Waals surface area (Å²) in [4.78, 5) is 29.9. The zero-order valence-electron chi connectivity index (χ0n) is 10.4. The summed E-state index contributed by atoms with van der Waals surface area (Å²) in [6.07, 6.45) is -5.32. The molecule has 120 valence electrons. The third-order valence-corrected chi connectivity index (χ3v) is 2.13. The number of aliphatic hydroxyl groups excluding tert-OH is 5. The van der Waals surface area contributed by atoms with Crippen molar-refractivity contribution >= 4 is 17.9 Å². The number of cyclic esters (lactones) is 1. The minimum Gasteiger partial charge on any atom is -0.505 e. The van der Waals surface area contributed by atoms with E-state index in [0.29, 0.717) is 0 Å². The molecule has 0 aliphatic carbocycles. The summed E-state index contributed by atoms with van der Waals surface area (Å²) in [6, 6.07) is 0. The Kier molecular flexibility index (Phi) is 7.13. The minimum absolute atomic E-state index is 0.671. The molecule has 0 saturated heterocycles. The number of esters is 1. The van der Waals surface area contributed by atoms with Crippen molar-refractivity contribution in [2.45, 2.75) is 24.7 Å². The number of carbonyl (C=O) groups is 3. The van der Waals surface area contributed by atoms with Crippen LogP contribution in [0.1, 0.15) is 6.42 Å². The summed E-state index contributed by atoms with van der Waals surface area (Å²) in [5.41, 5.74) is 0. The highest BCUT2D eigenvalue weighted by Gasteiger charge is 2.38. The molecule has 0 fully saturated rings. The third kappa shape index (κ3) is 5.64. The first-order chi connectivity index (χ1) is 9.61. The fourth-order valence-electron chi connectivity index (χ4n) is 1.08. The molecule has 0 aromatic rings. The molecule has 0 aromatic heterocycles. The number of ether oxygens (including phenoxy) is 1. The minimum atomic E-state index is -1.79. The number of carbonyl (C=O) groups excluding carboxylic acids is 1. The number of aliphatic carboxylic acids is 2. The molecule has 0 radical (unpaired) electrons. The van der Waals surface area contributed by atoms with Crippen LogP contribution in [0.3, 0.4) is 0 Å². The monoisotopic (exact) mass is 310 g/mol. The van der Waals surface area contributed by atoms with Gasteiger partial charge in [-0.1, -0.05) is 0 Å². The van der Waals surface area contributed by atoms with E-state index in [1.165, 1.54) is 0 Å². The Morgan fingerprint density at radius 2 is 1.71 bits per heavy atom. The Hall–Kier alpha value is -2.37. The summed E-state index contributed by atoms with van der Waals surface area (Å²) in [6.45, 7) is -0.671. The van der Waals surface area contributed by atoms with Crippen molar-refractivity contribution in [2.75, 3.05) is 6.61 Å². The molecule has 21 heavy (non-hydrogen) atoms. The number of hydrogen-bond acceptors (Lipinski definition) is 9. The van der Waals surface area contributed by atoms with E-state index >= 15 is 0 Å². The average molecular weight is 310 g/mol. The quantitative estimate of drug-likeness (QED) is 0.264. The second-order valence-electron chi connectivity index (χ2n) is 3.76. The van der Waals surface area contributed by atoms with Crippen molar-refractivity contribution in [3.05, 3.63) is 11.5 Å². The molecule has 0 amide bonds. The van der Waals surface area contributed by atoms with Crippen LogP contribution in [0.15, 0.2) is 11.5 Å². The molecule has 11 heteroatoms. The highest BCUT2D eigenvalue weighted by molar-refractivity contribution is 5.89. The van der Waals surface area contributed by atoms with Crippen LogP contribution in [0.2, 0.25) is 0 Å². The SMILES string of the molecule is O=C(O)CC(O)C(=O)O.O=C1O[C@H]([C@@H](O)CO)C(O)=C1O. The van der Waals surface area contributed by atoms with Crippen LogP contribution < -0.4 is 0 Å². The molecular formula is C10H14O11. The predicted octanol–water partition coefficient (Wildman–Crippen LogP) is -2.50. The Labute approximate surface area is 116 Å². The Morgan fingerprint density at radius 1 is 1.19 bits per heavy atom. The van der Waals surface area contributed by atoms with E-state index < -0.39 is 60.8 Å². The largest absolute Gasteiger partial charge is 0.505 e. The van der Waals surface area contributed by atoms with Gasteiger partial charge in [-0.15, -0.1) is 0 Å². The maximum Gasteiger partial charge on any atom is 0.377 e. The highest BCUT2D eigenvalue weighted by atomic mass is 16.6. The Balaban J connectivity index is 0.000000400. The maximum atomic E-state index is 10.5. The van der Waals surface area contributed by atoms with E-state index in [2.05, 4.69) is 4.74 Å². The lowest BCUT2D eigenvalue weighted by molar-refractivity contribution is -0.152. The van der Waals surface area contributed by atoms with E-state index in [9.17, 15) is 14.4 Å². The lowest BCUT2D eigenvalue weighted by Gasteiger charge is -2.13. The van der Waals surface area contributed by atoms with Crippen molar-refractivity contribution in [3.8, 4) is 0 Å². The van der Waals surface area contributed by atoms with Crippen LogP contribution in [0, 0.1) is 0 Å². The van der Waals surface area contributed by atoms with Gasteiger partial charge in [0.2, 0.25) is 5.76 Å². The van der Waals surface area contributed by atoms with E-state index in [0.717, 1.165) is 0 Å². The van der Waals surface area contributed by atoms with Gasteiger partial charge in [-0.05, 0) is 0 Å². The van der Waals surface area contributed by atoms with E-state index in [1.807, 2.05) is 0 Å². The highest BCUT2D eigenvalue weighted by Crippen LogP contribution is 2.20. The summed E-state index contributed by atoms with van der Waals surface area (Å²) < 4.78 is 4.32. The summed E-state index contributed by atoms with van der Waals surface area (Å²) in [7, 11) is 0. The summed E-state index contributed by atoms with van der Waals surface area (Å²) in [5.74, 6) is -5.62. The predicted molar refractivity (Wildman–Crippen MR) is 61.2 cm³/mol. The van der Waals surface area contributed by atoms with E-state index in [1.54, 1.807) is 0 Å². The van der Waals surface area contributed by atoms with Crippen LogP contribution in [-0.2, 0) is 19.1 Å². The maximum absolute atomic E-state index is 10.5. The molecule has 1 unspecified atom stereocenters. The van der Waals surface area contributed by atoms with Gasteiger partial charge in [0.1, 0.15) is 6.10 Å². The zero-order chi connectivity index (χ0) is 16.7. The average Bonchev–Trinajstić information content (AvgIpc) is 2.65. The zero-order valence-corrected chi connectivity index (χ0v) is 10.4. The van der Waals surface area contributed by atoms with Crippen LogP contribution in [-0.4, -0.2) is 78.6 Å². The van der Waals surface area contributed by atoms with E-state index in [4.69, 9.17) is 35.7 Å². The lowest BCUT2D eigenvalue weighted by Crippen LogP contribution is -2.31. The van der Waals surface area contributed by atoms with Gasteiger partial charge in [-0.2, -0.15) is 0 Å². The fraction of sp³-hybridized carbons (Fsp3) is 0.500. The van der Waals surface area contributed by atoms with Crippen LogP contribution in [0.25, 0.3) is 0 Å². The van der Waals surface area contributed by atoms with Crippen molar-refractivity contribution in [1.82, 2.24) is 0 Å². The molecule has 0 bridgehead atoms. The van der Waals surface area contributed by atoms with Gasteiger partial charge in [0.15, 0.2) is 18.0 Å². The molecule has 3 atom stereocenters. The Bertz CT molecular complexity index is 440. The third-order valence-electron chi connectivity index (χ3n) is 2.13. The molecule has 1 aliphatic heterocycles. The van der Waals surface area contributed by atoms with Gasteiger partial charge in [0.25, 0.3) is 0 Å². The lowest BCUT2D eigenvalue weighted by atomic mass is 10.2. The Morgan fingerprint density at radius 3 is 1.95 bits per heavy atom. The molecule has 1 rings (SSSR count). The standard InChI is InChI=1S/C6H8O6.C4H6O5/c7-1-2(8)5-3(9)4(10)6(11)12-5;5-2(4(8)9)1-3(6)7/h2,5,7-10H,1H2;2,5H,1H2,(H,6,7)(H,8,9)/t2-,5+;/m0./s1. The molecule has 1 aliphatic rings. The topological polar surface area (TPSA) is 202 Å². The smallest absolute Gasteiger partial charge is 0.377 e. The molecule has 0 saturated carbocycles. The van der Waals surface area contributed by atoms with Gasteiger partial charge in [0, 0.05) is 0 Å². The van der Waals surface area contributed by atoms with Crippen LogP contribution >= 0.6 is 0 Å². The molecule has 7 N–H and O–H groups in total. The van der Waals surface area contributed by atoms with E-state index in [-0.39, 0.29) is 0 Å². The first kappa shape index (κ1) is 18.6. The summed E-state index contributed by atoms with van der Waals surface area (Å²) >= 11 is 0. The van der Waals surface area contributed by atoms with Gasteiger partial charge in [-0.25, -0.2) is 9.59 Å². The van der Waals surface area contributed by atoms with Crippen LogP contribution in [0.5, 0.6) is 0 Å². The second kappa shape index (κ2) is 8.04. The summed E-state index contributed by atoms with van der Waals surface area (Å²) in [5, 5.41) is 59.2. The second-order valence-corrected chi connectivity index (χ2v) is 3.76. The first-order valence-electron chi connectivity index (χ1n) is 5.36. The number of aliphatic hydroxyl groups is 5. The van der Waals surface area contributed by atoms with Crippen LogP contribution in [0.4, 0.5) is 0 Å². The van der Waals surface area contributed by atoms with Crippen molar-refractivity contribution in [2.24, 2.45) is 0 Å². The van der Waals surface area contributed by atoms with Crippen molar-refractivity contribution in [3.63, 3.8) is 0 Å². The van der Waals surface area contributed by atoms with Gasteiger partial charge < -0.3 is 40.5 Å². The normalized spacial score (nSPS) is 20.1. The number of carboxylic acid groups (broad SMARTS) is 2. The van der Waals surface area contributed by atoms with Gasteiger partial charge in [0.05, 0.1) is 13.0 Å².